The van der Waals surface area contributed by atoms with E-state index in [1.54, 1.807) is 0 Å². The minimum absolute atomic E-state index is 0.0863. The number of carbonyl (C=O) groups excluding carboxylic acids is 2. The highest BCUT2D eigenvalue weighted by molar-refractivity contribution is 8.14. The third-order valence-electron chi connectivity index (χ3n) is 5.35. The normalized spacial score (nSPS) is 14.5. The van der Waals surface area contributed by atoms with Gasteiger partial charge in [0.15, 0.2) is 0 Å². The lowest BCUT2D eigenvalue weighted by Crippen LogP contribution is -2.29. The summed E-state index contributed by atoms with van der Waals surface area (Å²) in [6, 6.07) is 1.91. The zero-order valence-electron chi connectivity index (χ0n) is 18.5. The van der Waals surface area contributed by atoms with Crippen molar-refractivity contribution in [3.63, 3.8) is 0 Å². The molecule has 10 heteroatoms. The lowest BCUT2D eigenvalue weighted by Gasteiger charge is -2.19. The Morgan fingerprint density at radius 1 is 1.09 bits per heavy atom. The van der Waals surface area contributed by atoms with Gasteiger partial charge in [-0.25, -0.2) is 4.79 Å². The first-order chi connectivity index (χ1) is 15.7. The number of alkyl halides is 3. The number of ether oxygens (including phenoxy) is 1. The number of carbonyl (C=O) groups is 2. The van der Waals surface area contributed by atoms with Crippen LogP contribution in [0.25, 0.3) is 11.0 Å². The van der Waals surface area contributed by atoms with Crippen LogP contribution in [-0.2, 0) is 23.8 Å². The minimum atomic E-state index is -4.69. The molecule has 2 amide bonds. The summed E-state index contributed by atoms with van der Waals surface area (Å²) in [5, 5.41) is -0.383. The molecule has 0 aliphatic carbocycles. The molecule has 1 aromatic heterocycles. The maximum absolute atomic E-state index is 13.6. The topological polar surface area (TPSA) is 76.8 Å². The molecule has 1 aliphatic rings. The van der Waals surface area contributed by atoms with Gasteiger partial charge in [-0.2, -0.15) is 13.2 Å². The molecule has 0 bridgehead atoms. The van der Waals surface area contributed by atoms with Gasteiger partial charge in [0.2, 0.25) is 5.91 Å². The van der Waals surface area contributed by atoms with Crippen molar-refractivity contribution in [1.82, 2.24) is 4.90 Å². The van der Waals surface area contributed by atoms with E-state index >= 15 is 0 Å². The number of hydrogen-bond donors (Lipinski definition) is 0. The van der Waals surface area contributed by atoms with Crippen molar-refractivity contribution in [2.45, 2.75) is 58.5 Å². The average Bonchev–Trinajstić information content (AvgIpc) is 3.06. The van der Waals surface area contributed by atoms with E-state index in [4.69, 9.17) is 9.15 Å². The number of aryl methyl sites for hydroxylation is 2. The number of imide groups is 1. The second-order valence-electron chi connectivity index (χ2n) is 7.85. The second kappa shape index (κ2) is 10.6. The third kappa shape index (κ3) is 5.72. The molecule has 1 saturated heterocycles. The molecule has 180 valence electrons. The van der Waals surface area contributed by atoms with Crippen LogP contribution < -0.4 is 10.4 Å². The highest BCUT2D eigenvalue weighted by Crippen LogP contribution is 2.40. The highest BCUT2D eigenvalue weighted by Gasteiger charge is 2.35. The summed E-state index contributed by atoms with van der Waals surface area (Å²) in [4.78, 5) is 36.5. The number of hydrogen-bond acceptors (Lipinski definition) is 6. The molecule has 2 heterocycles. The summed E-state index contributed by atoms with van der Waals surface area (Å²) in [6.45, 7) is 4.37. The van der Waals surface area contributed by atoms with E-state index in [-0.39, 0.29) is 34.5 Å². The molecule has 33 heavy (non-hydrogen) atoms. The van der Waals surface area contributed by atoms with Gasteiger partial charge in [-0.3, -0.25) is 14.5 Å². The van der Waals surface area contributed by atoms with E-state index in [0.717, 1.165) is 11.8 Å². The Kier molecular flexibility index (Phi) is 8.10. The fourth-order valence-corrected chi connectivity index (χ4v) is 4.65. The molecular formula is C23H26F3NO5S. The van der Waals surface area contributed by atoms with Crippen molar-refractivity contribution >= 4 is 33.9 Å². The minimum Gasteiger partial charge on any atom is -0.493 e. The van der Waals surface area contributed by atoms with Gasteiger partial charge in [0, 0.05) is 23.6 Å². The number of benzene rings is 1. The van der Waals surface area contributed by atoms with E-state index in [0.29, 0.717) is 68.0 Å². The largest absolute Gasteiger partial charge is 0.493 e. The van der Waals surface area contributed by atoms with E-state index in [1.807, 2.05) is 13.8 Å². The number of fused-ring (bicyclic) bond motifs is 1. The van der Waals surface area contributed by atoms with Crippen LogP contribution in [0, 0.1) is 0 Å². The lowest BCUT2D eigenvalue weighted by molar-refractivity contribution is -0.136. The van der Waals surface area contributed by atoms with E-state index in [9.17, 15) is 27.6 Å². The molecule has 0 N–H and O–H groups in total. The van der Waals surface area contributed by atoms with Gasteiger partial charge >= 0.3 is 11.8 Å². The molecule has 1 aromatic carbocycles. The fourth-order valence-electron chi connectivity index (χ4n) is 3.90. The van der Waals surface area contributed by atoms with E-state index in [2.05, 4.69) is 0 Å². The lowest BCUT2D eigenvalue weighted by atomic mass is 9.96. The summed E-state index contributed by atoms with van der Waals surface area (Å²) >= 11 is 0.984. The van der Waals surface area contributed by atoms with Crippen LogP contribution in [-0.4, -0.2) is 35.0 Å². The van der Waals surface area contributed by atoms with Crippen molar-refractivity contribution < 1.29 is 31.9 Å². The standard InChI is InChI=1S/C23H26F3NO5S/c1-3-7-14-11-16-17(23(24,25)26)12-19(29)32-21(16)15(8-4-2)20(14)31-10-6-5-9-27-18(28)13-33-22(27)30/h11-12H,3-10,13H2,1-2H3. The summed E-state index contributed by atoms with van der Waals surface area (Å²) in [5.74, 6) is 0.419. The van der Waals surface area contributed by atoms with Crippen LogP contribution in [0.1, 0.15) is 56.2 Å². The zero-order chi connectivity index (χ0) is 24.2. The van der Waals surface area contributed by atoms with Crippen molar-refractivity contribution in [3.05, 3.63) is 39.2 Å². The van der Waals surface area contributed by atoms with Gasteiger partial charge < -0.3 is 9.15 Å². The highest BCUT2D eigenvalue weighted by atomic mass is 32.2. The first kappa shape index (κ1) is 25.1. The molecule has 0 atom stereocenters. The van der Waals surface area contributed by atoms with Crippen LogP contribution in [0.2, 0.25) is 0 Å². The van der Waals surface area contributed by atoms with Crippen molar-refractivity contribution in [3.8, 4) is 5.75 Å². The van der Waals surface area contributed by atoms with Gasteiger partial charge in [0.05, 0.1) is 17.9 Å². The Labute approximate surface area is 193 Å². The van der Waals surface area contributed by atoms with Crippen molar-refractivity contribution in [2.75, 3.05) is 18.9 Å². The zero-order valence-corrected chi connectivity index (χ0v) is 19.4. The fraction of sp³-hybridized carbons (Fsp3) is 0.522. The quantitative estimate of drug-likeness (QED) is 0.323. The molecule has 0 spiro atoms. The monoisotopic (exact) mass is 485 g/mol. The number of unbranched alkanes of at least 4 members (excludes halogenated alkanes) is 1. The number of nitrogens with zero attached hydrogens (tertiary/aromatic N) is 1. The molecule has 6 nitrogen and oxygen atoms in total. The number of halogens is 3. The van der Waals surface area contributed by atoms with E-state index < -0.39 is 17.4 Å². The van der Waals surface area contributed by atoms with Crippen molar-refractivity contribution in [2.24, 2.45) is 0 Å². The molecule has 0 saturated carbocycles. The molecule has 1 aliphatic heterocycles. The maximum Gasteiger partial charge on any atom is 0.417 e. The molecule has 0 radical (unpaired) electrons. The first-order valence-electron chi connectivity index (χ1n) is 11.0. The Balaban J connectivity index is 1.90. The third-order valence-corrected chi connectivity index (χ3v) is 6.20. The first-order valence-corrected chi connectivity index (χ1v) is 12.0. The maximum atomic E-state index is 13.6. The summed E-state index contributed by atoms with van der Waals surface area (Å²) in [7, 11) is 0. The Bertz CT molecular complexity index is 1080. The molecular weight excluding hydrogens is 459 g/mol. The second-order valence-corrected chi connectivity index (χ2v) is 8.78. The van der Waals surface area contributed by atoms with Crippen LogP contribution >= 0.6 is 11.8 Å². The smallest absolute Gasteiger partial charge is 0.417 e. The van der Waals surface area contributed by atoms with E-state index in [1.165, 1.54) is 11.0 Å². The Morgan fingerprint density at radius 3 is 2.42 bits per heavy atom. The van der Waals surface area contributed by atoms with Gasteiger partial charge in [-0.1, -0.05) is 38.5 Å². The Hall–Kier alpha value is -2.49. The van der Waals surface area contributed by atoms with Gasteiger partial charge in [-0.05, 0) is 37.3 Å². The summed E-state index contributed by atoms with van der Waals surface area (Å²) in [6.07, 6.45) is -1.38. The van der Waals surface area contributed by atoms with Gasteiger partial charge in [-0.15, -0.1) is 0 Å². The number of thioether (sulfide) groups is 1. The van der Waals surface area contributed by atoms with Gasteiger partial charge in [0.25, 0.3) is 5.24 Å². The number of rotatable bonds is 10. The molecule has 2 aromatic rings. The van der Waals surface area contributed by atoms with Crippen LogP contribution in [0.3, 0.4) is 0 Å². The van der Waals surface area contributed by atoms with Crippen LogP contribution in [0.4, 0.5) is 18.0 Å². The van der Waals surface area contributed by atoms with Crippen LogP contribution in [0.5, 0.6) is 5.75 Å². The predicted octanol–water partition coefficient (Wildman–Crippen LogP) is 5.57. The Morgan fingerprint density at radius 2 is 1.82 bits per heavy atom. The SMILES string of the molecule is CCCc1cc2c(C(F)(F)F)cc(=O)oc2c(CCC)c1OCCCCN1C(=O)CSC1=O. The summed E-state index contributed by atoms with van der Waals surface area (Å²) in [5.41, 5.74) is -1.05. The molecule has 3 rings (SSSR count). The van der Waals surface area contributed by atoms with Crippen molar-refractivity contribution in [1.29, 1.82) is 0 Å². The summed E-state index contributed by atoms with van der Waals surface area (Å²) < 4.78 is 52.2. The van der Waals surface area contributed by atoms with Gasteiger partial charge in [0.1, 0.15) is 11.3 Å². The van der Waals surface area contributed by atoms with Crippen LogP contribution in [0.15, 0.2) is 21.3 Å². The molecule has 1 fully saturated rings. The number of amides is 2. The predicted molar refractivity (Wildman–Crippen MR) is 120 cm³/mol. The average molecular weight is 486 g/mol. The molecule has 0 unspecified atom stereocenters.